The van der Waals surface area contributed by atoms with Gasteiger partial charge in [-0.25, -0.2) is 0 Å². The number of benzene rings is 4. The summed E-state index contributed by atoms with van der Waals surface area (Å²) in [5, 5.41) is 4.58. The lowest BCUT2D eigenvalue weighted by Gasteiger charge is -2.31. The lowest BCUT2D eigenvalue weighted by molar-refractivity contribution is 0.0971. The second kappa shape index (κ2) is 15.1. The highest BCUT2D eigenvalue weighted by Gasteiger charge is 2.47. The summed E-state index contributed by atoms with van der Waals surface area (Å²) >= 11 is 0. The average molecular weight is 616 g/mol. The molecule has 0 atom stereocenters. The van der Waals surface area contributed by atoms with E-state index < -0.39 is 7.26 Å². The van der Waals surface area contributed by atoms with Gasteiger partial charge in [0.15, 0.2) is 11.6 Å². The van der Waals surface area contributed by atoms with Crippen LogP contribution >= 0.6 is 7.26 Å². The average Bonchev–Trinajstić information content (AvgIpc) is 3.05. The van der Waals surface area contributed by atoms with Gasteiger partial charge in [-0.3, -0.25) is 9.59 Å². The maximum Gasteiger partial charge on any atom is 0.190 e. The van der Waals surface area contributed by atoms with Crippen molar-refractivity contribution in [2.45, 2.75) is 85.5 Å². The summed E-state index contributed by atoms with van der Waals surface area (Å²) < 4.78 is 0. The van der Waals surface area contributed by atoms with Crippen molar-refractivity contribution in [1.29, 1.82) is 0 Å². The van der Waals surface area contributed by atoms with Gasteiger partial charge in [-0.2, -0.15) is 0 Å². The summed E-state index contributed by atoms with van der Waals surface area (Å²) in [4.78, 5) is 25.8. The Labute approximate surface area is 271 Å². The van der Waals surface area contributed by atoms with Gasteiger partial charge in [-0.1, -0.05) is 111 Å². The molecule has 4 aromatic carbocycles. The molecule has 0 fully saturated rings. The number of aryl methyl sites for hydroxylation is 3. The lowest BCUT2D eigenvalue weighted by Crippen LogP contribution is -2.37. The third-order valence-electron chi connectivity index (χ3n) is 9.73. The van der Waals surface area contributed by atoms with E-state index in [0.29, 0.717) is 23.1 Å². The monoisotopic (exact) mass is 615 g/mol. The number of fused-ring (bicyclic) bond motifs is 1. The van der Waals surface area contributed by atoms with Gasteiger partial charge in [0.05, 0.1) is 6.16 Å². The number of allylic oxidation sites excluding steroid dienone is 2. The largest absolute Gasteiger partial charge is 0.289 e. The number of carbonyl (C=O) groups excluding carboxylic acids is 2. The number of ketones is 2. The number of carbonyl (C=O) groups is 2. The molecule has 5 rings (SSSR count). The third kappa shape index (κ3) is 6.97. The van der Waals surface area contributed by atoms with Crippen LogP contribution in [0.25, 0.3) is 0 Å². The van der Waals surface area contributed by atoms with Crippen LogP contribution < -0.4 is 15.9 Å². The van der Waals surface area contributed by atoms with Gasteiger partial charge < -0.3 is 0 Å². The highest BCUT2D eigenvalue weighted by atomic mass is 31.2. The molecule has 2 nitrogen and oxygen atoms in total. The van der Waals surface area contributed by atoms with Crippen molar-refractivity contribution >= 4 is 34.7 Å². The summed E-state index contributed by atoms with van der Waals surface area (Å²) in [6.45, 7) is 8.69. The molecule has 0 aliphatic heterocycles. The van der Waals surface area contributed by atoms with Crippen molar-refractivity contribution in [2.24, 2.45) is 0 Å². The molecule has 0 N–H and O–H groups in total. The summed E-state index contributed by atoms with van der Waals surface area (Å²) in [5.74, 6) is 0.0580. The second-order valence-electron chi connectivity index (χ2n) is 12.8. The molecule has 0 saturated carbocycles. The van der Waals surface area contributed by atoms with Crippen LogP contribution in [0.2, 0.25) is 0 Å². The second-order valence-corrected chi connectivity index (χ2v) is 16.3. The first-order valence-electron chi connectivity index (χ1n) is 16.8. The van der Waals surface area contributed by atoms with Gasteiger partial charge in [0, 0.05) is 22.3 Å². The van der Waals surface area contributed by atoms with Crippen molar-refractivity contribution in [2.75, 3.05) is 6.16 Å². The van der Waals surface area contributed by atoms with E-state index in [9.17, 15) is 9.59 Å². The van der Waals surface area contributed by atoms with Crippen LogP contribution in [0, 0.1) is 20.8 Å². The molecular weight excluding hydrogens is 567 g/mol. The van der Waals surface area contributed by atoms with Crippen molar-refractivity contribution in [1.82, 2.24) is 0 Å². The van der Waals surface area contributed by atoms with Crippen molar-refractivity contribution in [3.63, 3.8) is 0 Å². The molecule has 1 aliphatic carbocycles. The first-order chi connectivity index (χ1) is 21.9. The fraction of sp³-hybridized carbons (Fsp3) is 0.333. The molecule has 0 radical (unpaired) electrons. The quantitative estimate of drug-likeness (QED) is 0.105. The molecule has 0 heterocycles. The molecular formula is C42H48O2P+. The van der Waals surface area contributed by atoms with Crippen molar-refractivity contribution in [3.8, 4) is 0 Å². The Bertz CT molecular complexity index is 1580. The molecule has 3 heteroatoms. The zero-order valence-electron chi connectivity index (χ0n) is 27.6. The molecule has 0 bridgehead atoms. The summed E-state index contributed by atoms with van der Waals surface area (Å²) in [5.41, 5.74) is 6.67. The summed E-state index contributed by atoms with van der Waals surface area (Å²) in [6, 6.07) is 34.5. The van der Waals surface area contributed by atoms with E-state index in [2.05, 4.69) is 93.6 Å². The molecule has 0 saturated heterocycles. The standard InChI is InChI=1S/C42H48O2P/c1-31-21-12-17-27-38(31)45(39-28-18-13-22-32(39)2,40-29-19-14-23-33(40)3)30-20-10-8-6-5-7-9-11-24-35-34(4)41(43)36-25-15-16-26-37(36)42(35)44/h12-19,21-23,25-29H,5-11,20,24,30H2,1-4H3/q+1. The first kappa shape index (κ1) is 32.8. The highest BCUT2D eigenvalue weighted by molar-refractivity contribution is 7.96. The third-order valence-corrected chi connectivity index (χ3v) is 14.7. The fourth-order valence-electron chi connectivity index (χ4n) is 7.29. The number of unbranched alkanes of at least 4 members (excludes halogenated alkanes) is 7. The van der Waals surface area contributed by atoms with Gasteiger partial charge in [0.2, 0.25) is 0 Å². The minimum Gasteiger partial charge on any atom is -0.289 e. The van der Waals surface area contributed by atoms with Gasteiger partial charge in [-0.15, -0.1) is 0 Å². The van der Waals surface area contributed by atoms with E-state index in [1.54, 1.807) is 12.1 Å². The number of Topliss-reactive ketones (excluding diaryl/α,β-unsaturated/α-hetero) is 2. The minimum atomic E-state index is -1.84. The van der Waals surface area contributed by atoms with E-state index in [0.717, 1.165) is 18.4 Å². The first-order valence-corrected chi connectivity index (χ1v) is 18.8. The fourth-order valence-corrected chi connectivity index (χ4v) is 12.5. The summed E-state index contributed by atoms with van der Waals surface area (Å²) in [6.07, 6.45) is 11.3. The Morgan fingerprint density at radius 3 is 1.29 bits per heavy atom. The van der Waals surface area contributed by atoms with Gasteiger partial charge >= 0.3 is 0 Å². The Balaban J connectivity index is 1.17. The van der Waals surface area contributed by atoms with E-state index in [-0.39, 0.29) is 11.6 Å². The lowest BCUT2D eigenvalue weighted by atomic mass is 9.82. The van der Waals surface area contributed by atoms with Crippen LogP contribution in [-0.2, 0) is 0 Å². The van der Waals surface area contributed by atoms with E-state index in [1.165, 1.54) is 77.3 Å². The van der Waals surface area contributed by atoms with E-state index in [1.807, 2.05) is 19.1 Å². The number of rotatable bonds is 14. The van der Waals surface area contributed by atoms with Crippen LogP contribution in [0.5, 0.6) is 0 Å². The topological polar surface area (TPSA) is 34.1 Å². The van der Waals surface area contributed by atoms with Crippen molar-refractivity contribution < 1.29 is 9.59 Å². The van der Waals surface area contributed by atoms with Crippen LogP contribution in [-0.4, -0.2) is 17.7 Å². The Morgan fingerprint density at radius 2 is 0.822 bits per heavy atom. The zero-order chi connectivity index (χ0) is 31.8. The van der Waals surface area contributed by atoms with Crippen LogP contribution in [0.1, 0.15) is 102 Å². The Kier molecular flexibility index (Phi) is 11.0. The molecule has 0 unspecified atom stereocenters. The van der Waals surface area contributed by atoms with Gasteiger partial charge in [-0.05, 0) is 88.3 Å². The predicted octanol–water partition coefficient (Wildman–Crippen LogP) is 9.81. The van der Waals surface area contributed by atoms with Crippen LogP contribution in [0.15, 0.2) is 108 Å². The maximum atomic E-state index is 13.0. The van der Waals surface area contributed by atoms with E-state index >= 15 is 0 Å². The summed E-state index contributed by atoms with van der Waals surface area (Å²) in [7, 11) is -1.84. The molecule has 0 amide bonds. The van der Waals surface area contributed by atoms with Crippen molar-refractivity contribution in [3.05, 3.63) is 136 Å². The predicted molar refractivity (Wildman–Crippen MR) is 194 cm³/mol. The number of hydrogen-bond acceptors (Lipinski definition) is 2. The van der Waals surface area contributed by atoms with Crippen LogP contribution in [0.4, 0.5) is 0 Å². The highest BCUT2D eigenvalue weighted by Crippen LogP contribution is 2.58. The molecule has 0 aromatic heterocycles. The normalized spacial score (nSPS) is 13.3. The zero-order valence-corrected chi connectivity index (χ0v) is 28.5. The molecule has 232 valence electrons. The smallest absolute Gasteiger partial charge is 0.190 e. The van der Waals surface area contributed by atoms with Crippen LogP contribution in [0.3, 0.4) is 0 Å². The van der Waals surface area contributed by atoms with Gasteiger partial charge in [0.25, 0.3) is 0 Å². The minimum absolute atomic E-state index is 0.0129. The van der Waals surface area contributed by atoms with Gasteiger partial charge in [0.1, 0.15) is 23.2 Å². The van der Waals surface area contributed by atoms with E-state index in [4.69, 9.17) is 0 Å². The Morgan fingerprint density at radius 1 is 0.444 bits per heavy atom. The Hall–Kier alpha value is -3.61. The molecule has 1 aliphatic rings. The molecule has 45 heavy (non-hydrogen) atoms. The SMILES string of the molecule is CC1=C(CCCCCCCCCC[P+](c2ccccc2C)(c2ccccc2C)c2ccccc2C)C(=O)c2ccccc2C1=O. The molecule has 4 aromatic rings. The molecule has 0 spiro atoms. The number of hydrogen-bond donors (Lipinski definition) is 0. The maximum absolute atomic E-state index is 13.0.